The summed E-state index contributed by atoms with van der Waals surface area (Å²) >= 11 is 5.85. The number of hydrogen-bond donors (Lipinski definition) is 1. The molecular formula is C23H21ClN4O2. The molecule has 0 radical (unpaired) electrons. The fourth-order valence-corrected chi connectivity index (χ4v) is 4.05. The number of likely N-dealkylation sites (N-methyl/N-ethyl adjacent to an activating group) is 1. The molecule has 0 atom stereocenters. The van der Waals surface area contributed by atoms with Gasteiger partial charge in [-0.05, 0) is 49.4 Å². The first-order valence-electron chi connectivity index (χ1n) is 9.85. The summed E-state index contributed by atoms with van der Waals surface area (Å²) in [7, 11) is 2.13. The lowest BCUT2D eigenvalue weighted by Gasteiger charge is -2.22. The van der Waals surface area contributed by atoms with Crippen LogP contribution in [0.25, 0.3) is 16.6 Å². The van der Waals surface area contributed by atoms with Crippen LogP contribution in [-0.4, -0.2) is 33.0 Å². The average molecular weight is 421 g/mol. The maximum Gasteiger partial charge on any atom is 0.258 e. The summed E-state index contributed by atoms with van der Waals surface area (Å²) in [6.07, 6.45) is 4.36. The molecule has 0 saturated heterocycles. The van der Waals surface area contributed by atoms with E-state index in [-0.39, 0.29) is 12.2 Å². The zero-order valence-corrected chi connectivity index (χ0v) is 17.3. The second-order valence-corrected chi connectivity index (χ2v) is 8.06. The van der Waals surface area contributed by atoms with Crippen LogP contribution >= 0.6 is 11.6 Å². The molecule has 0 bridgehead atoms. The van der Waals surface area contributed by atoms with E-state index in [2.05, 4.69) is 28.0 Å². The van der Waals surface area contributed by atoms with Crippen LogP contribution in [0.15, 0.2) is 59.7 Å². The zero-order valence-electron chi connectivity index (χ0n) is 16.6. The summed E-state index contributed by atoms with van der Waals surface area (Å²) in [4.78, 5) is 22.7. The van der Waals surface area contributed by atoms with Crippen LogP contribution in [0, 0.1) is 0 Å². The Labute approximate surface area is 178 Å². The van der Waals surface area contributed by atoms with E-state index in [4.69, 9.17) is 16.3 Å². The van der Waals surface area contributed by atoms with Gasteiger partial charge in [0.2, 0.25) is 0 Å². The molecule has 7 heteroatoms. The van der Waals surface area contributed by atoms with Crippen molar-refractivity contribution in [3.05, 3.63) is 87.2 Å². The molecule has 0 aliphatic carbocycles. The van der Waals surface area contributed by atoms with Gasteiger partial charge in [-0.15, -0.1) is 0 Å². The standard InChI is InChI=1S/C23H21ClN4O2/c1-27-8-7-20-19-5-4-17(10-21(19)26-22(20)13-27)28-9-6-18(11-23(28)29)30-14-16-3-2-15(24)12-25-16/h2-6,9-12,26H,7-8,13-14H2,1H3. The Bertz CT molecular complexity index is 1280. The molecule has 30 heavy (non-hydrogen) atoms. The highest BCUT2D eigenvalue weighted by molar-refractivity contribution is 6.30. The number of aromatic amines is 1. The second kappa shape index (κ2) is 7.63. The fourth-order valence-electron chi connectivity index (χ4n) is 3.93. The zero-order chi connectivity index (χ0) is 20.7. The molecule has 0 saturated carbocycles. The van der Waals surface area contributed by atoms with Crippen molar-refractivity contribution >= 4 is 22.5 Å². The second-order valence-electron chi connectivity index (χ2n) is 7.63. The van der Waals surface area contributed by atoms with Gasteiger partial charge in [0.15, 0.2) is 0 Å². The number of ether oxygens (including phenoxy) is 1. The number of nitrogens with one attached hydrogen (secondary N) is 1. The van der Waals surface area contributed by atoms with Crippen LogP contribution in [0.1, 0.15) is 17.0 Å². The number of benzene rings is 1. The van der Waals surface area contributed by atoms with E-state index in [1.807, 2.05) is 12.1 Å². The Morgan fingerprint density at radius 2 is 2.10 bits per heavy atom. The van der Waals surface area contributed by atoms with Crippen molar-refractivity contribution in [3.8, 4) is 11.4 Å². The van der Waals surface area contributed by atoms with E-state index in [0.29, 0.717) is 10.8 Å². The Balaban J connectivity index is 1.39. The van der Waals surface area contributed by atoms with E-state index in [9.17, 15) is 4.79 Å². The molecule has 4 aromatic rings. The Hall–Kier alpha value is -3.09. The molecule has 0 unspecified atom stereocenters. The predicted molar refractivity (Wildman–Crippen MR) is 118 cm³/mol. The van der Waals surface area contributed by atoms with Gasteiger partial charge >= 0.3 is 0 Å². The maximum atomic E-state index is 12.7. The molecule has 1 aromatic carbocycles. The quantitative estimate of drug-likeness (QED) is 0.543. The number of pyridine rings is 2. The number of fused-ring (bicyclic) bond motifs is 3. The van der Waals surface area contributed by atoms with Gasteiger partial charge in [0.25, 0.3) is 5.56 Å². The number of H-pyrrole nitrogens is 1. The highest BCUT2D eigenvalue weighted by atomic mass is 35.5. The molecule has 4 heterocycles. The number of halogens is 1. The molecule has 6 nitrogen and oxygen atoms in total. The van der Waals surface area contributed by atoms with Crippen molar-refractivity contribution in [2.75, 3.05) is 13.6 Å². The monoisotopic (exact) mass is 420 g/mol. The first kappa shape index (κ1) is 18.9. The molecule has 152 valence electrons. The van der Waals surface area contributed by atoms with Gasteiger partial charge in [0, 0.05) is 48.1 Å². The van der Waals surface area contributed by atoms with Gasteiger partial charge in [0.1, 0.15) is 12.4 Å². The topological polar surface area (TPSA) is 63.1 Å². The van der Waals surface area contributed by atoms with Crippen molar-refractivity contribution in [1.82, 2.24) is 19.4 Å². The lowest BCUT2D eigenvalue weighted by molar-refractivity contribution is 0.300. The van der Waals surface area contributed by atoms with E-state index in [1.165, 1.54) is 22.7 Å². The summed E-state index contributed by atoms with van der Waals surface area (Å²) < 4.78 is 7.33. The van der Waals surface area contributed by atoms with Crippen LogP contribution in [0.3, 0.4) is 0 Å². The highest BCUT2D eigenvalue weighted by Crippen LogP contribution is 2.28. The van der Waals surface area contributed by atoms with E-state index in [1.54, 1.807) is 35.2 Å². The molecule has 0 spiro atoms. The third-order valence-electron chi connectivity index (χ3n) is 5.49. The van der Waals surface area contributed by atoms with Crippen molar-refractivity contribution < 1.29 is 4.74 Å². The van der Waals surface area contributed by atoms with Gasteiger partial charge in [-0.3, -0.25) is 14.3 Å². The molecule has 5 rings (SSSR count). The minimum absolute atomic E-state index is 0.146. The van der Waals surface area contributed by atoms with Crippen molar-refractivity contribution in [2.45, 2.75) is 19.6 Å². The van der Waals surface area contributed by atoms with Gasteiger partial charge in [-0.25, -0.2) is 0 Å². The summed E-state index contributed by atoms with van der Waals surface area (Å²) in [6.45, 7) is 2.26. The summed E-state index contributed by atoms with van der Waals surface area (Å²) in [5.41, 5.74) is 5.14. The highest BCUT2D eigenvalue weighted by Gasteiger charge is 2.18. The fraction of sp³-hybridized carbons (Fsp3) is 0.217. The number of hydrogen-bond acceptors (Lipinski definition) is 4. The van der Waals surface area contributed by atoms with Gasteiger partial charge in [-0.1, -0.05) is 17.7 Å². The molecule has 1 aliphatic heterocycles. The lowest BCUT2D eigenvalue weighted by atomic mass is 10.0. The smallest absolute Gasteiger partial charge is 0.258 e. The molecule has 1 aliphatic rings. The third kappa shape index (κ3) is 3.60. The van der Waals surface area contributed by atoms with E-state index in [0.717, 1.165) is 36.4 Å². The van der Waals surface area contributed by atoms with Gasteiger partial charge in [-0.2, -0.15) is 0 Å². The SMILES string of the molecule is CN1CCc2c([nH]c3cc(-n4ccc(OCc5ccc(Cl)cn5)cc4=O)ccc23)C1. The number of nitrogens with zero attached hydrogens (tertiary/aromatic N) is 3. The summed E-state index contributed by atoms with van der Waals surface area (Å²) in [6, 6.07) is 13.0. The van der Waals surface area contributed by atoms with E-state index >= 15 is 0 Å². The minimum atomic E-state index is -0.146. The van der Waals surface area contributed by atoms with Crippen molar-refractivity contribution in [2.24, 2.45) is 0 Å². The van der Waals surface area contributed by atoms with Crippen LogP contribution in [0.4, 0.5) is 0 Å². The first-order chi connectivity index (χ1) is 14.6. The van der Waals surface area contributed by atoms with Crippen LogP contribution in [0.5, 0.6) is 5.75 Å². The molecule has 3 aromatic heterocycles. The lowest BCUT2D eigenvalue weighted by Crippen LogP contribution is -2.26. The Kier molecular flexibility index (Phi) is 4.81. The molecule has 0 amide bonds. The largest absolute Gasteiger partial charge is 0.487 e. The predicted octanol–water partition coefficient (Wildman–Crippen LogP) is 3.93. The van der Waals surface area contributed by atoms with E-state index < -0.39 is 0 Å². The number of rotatable bonds is 4. The van der Waals surface area contributed by atoms with Gasteiger partial charge in [0.05, 0.1) is 16.4 Å². The van der Waals surface area contributed by atoms with Crippen molar-refractivity contribution in [3.63, 3.8) is 0 Å². The summed E-state index contributed by atoms with van der Waals surface area (Å²) in [5, 5.41) is 1.82. The first-order valence-corrected chi connectivity index (χ1v) is 10.2. The Morgan fingerprint density at radius 3 is 2.90 bits per heavy atom. The average Bonchev–Trinajstić information content (AvgIpc) is 3.10. The molecule has 1 N–H and O–H groups in total. The van der Waals surface area contributed by atoms with Crippen LogP contribution < -0.4 is 10.3 Å². The van der Waals surface area contributed by atoms with Crippen molar-refractivity contribution in [1.29, 1.82) is 0 Å². The molecular weight excluding hydrogens is 400 g/mol. The maximum absolute atomic E-state index is 12.7. The third-order valence-corrected chi connectivity index (χ3v) is 5.72. The van der Waals surface area contributed by atoms with Crippen LogP contribution in [-0.2, 0) is 19.6 Å². The molecule has 0 fully saturated rings. The Morgan fingerprint density at radius 1 is 1.20 bits per heavy atom. The van der Waals surface area contributed by atoms with Crippen LogP contribution in [0.2, 0.25) is 5.02 Å². The number of aromatic nitrogens is 3. The normalized spacial score (nSPS) is 14.1. The van der Waals surface area contributed by atoms with Gasteiger partial charge < -0.3 is 14.6 Å². The minimum Gasteiger partial charge on any atom is -0.487 e. The summed E-state index contributed by atoms with van der Waals surface area (Å²) in [5.74, 6) is 0.507.